The second-order valence-electron chi connectivity index (χ2n) is 4.90. The minimum absolute atomic E-state index is 0.139. The summed E-state index contributed by atoms with van der Waals surface area (Å²) in [5.41, 5.74) is 2.72. The van der Waals surface area contributed by atoms with Gasteiger partial charge in [-0.3, -0.25) is 9.89 Å². The molecule has 0 amide bonds. The molecule has 1 aromatic heterocycles. The van der Waals surface area contributed by atoms with E-state index in [1.54, 1.807) is 20.4 Å². The van der Waals surface area contributed by atoms with Gasteiger partial charge >= 0.3 is 0 Å². The number of H-pyrrole nitrogens is 1. The molecule has 20 heavy (non-hydrogen) atoms. The Balaban J connectivity index is 1.93. The van der Waals surface area contributed by atoms with Gasteiger partial charge in [-0.25, -0.2) is 0 Å². The van der Waals surface area contributed by atoms with Crippen LogP contribution in [-0.4, -0.2) is 30.2 Å². The lowest BCUT2D eigenvalue weighted by atomic mass is 9.82. The normalized spacial score (nSPS) is 17.7. The minimum Gasteiger partial charge on any atom is -0.493 e. The molecule has 5 nitrogen and oxygen atoms in total. The molecule has 0 fully saturated rings. The van der Waals surface area contributed by atoms with Gasteiger partial charge in [0.15, 0.2) is 17.3 Å². The van der Waals surface area contributed by atoms with Crippen molar-refractivity contribution < 1.29 is 14.3 Å². The first-order valence-electron chi connectivity index (χ1n) is 6.50. The van der Waals surface area contributed by atoms with E-state index in [4.69, 9.17) is 9.47 Å². The molecular weight excluding hydrogens is 256 g/mol. The molecular formula is C15H16N2O3. The molecule has 0 radical (unpaired) electrons. The second kappa shape index (κ2) is 5.00. The Morgan fingerprint density at radius 3 is 2.75 bits per heavy atom. The van der Waals surface area contributed by atoms with Gasteiger partial charge < -0.3 is 9.47 Å². The Morgan fingerprint density at radius 1 is 1.20 bits per heavy atom. The zero-order valence-corrected chi connectivity index (χ0v) is 11.5. The number of benzene rings is 1. The number of carbonyl (C=O) groups excluding carboxylic acids is 1. The lowest BCUT2D eigenvalue weighted by Crippen LogP contribution is -2.18. The van der Waals surface area contributed by atoms with Crippen molar-refractivity contribution in [2.24, 2.45) is 0 Å². The third-order valence-electron chi connectivity index (χ3n) is 3.78. The van der Waals surface area contributed by atoms with Crippen LogP contribution in [-0.2, 0) is 6.42 Å². The quantitative estimate of drug-likeness (QED) is 0.931. The van der Waals surface area contributed by atoms with Crippen molar-refractivity contribution in [3.05, 3.63) is 41.2 Å². The molecule has 1 heterocycles. The highest BCUT2D eigenvalue weighted by atomic mass is 16.5. The number of hydrogen-bond acceptors (Lipinski definition) is 4. The molecule has 5 heteroatoms. The molecule has 0 saturated carbocycles. The maximum Gasteiger partial charge on any atom is 0.166 e. The number of hydrogen-bond donors (Lipinski definition) is 1. The summed E-state index contributed by atoms with van der Waals surface area (Å²) in [7, 11) is 3.22. The van der Waals surface area contributed by atoms with Crippen LogP contribution in [0.25, 0.3) is 0 Å². The molecule has 0 saturated heterocycles. The van der Waals surface area contributed by atoms with Crippen molar-refractivity contribution in [3.8, 4) is 11.5 Å². The zero-order valence-electron chi connectivity index (χ0n) is 11.5. The van der Waals surface area contributed by atoms with Crippen LogP contribution in [0.1, 0.15) is 34.0 Å². The van der Waals surface area contributed by atoms with E-state index in [9.17, 15) is 4.79 Å². The van der Waals surface area contributed by atoms with Gasteiger partial charge in [-0.15, -0.1) is 0 Å². The molecule has 2 aromatic rings. The highest BCUT2D eigenvalue weighted by Crippen LogP contribution is 2.36. The molecule has 1 aliphatic rings. The summed E-state index contributed by atoms with van der Waals surface area (Å²) < 4.78 is 10.6. The van der Waals surface area contributed by atoms with Crippen molar-refractivity contribution >= 4 is 5.78 Å². The van der Waals surface area contributed by atoms with Gasteiger partial charge in [0.2, 0.25) is 0 Å². The number of fused-ring (bicyclic) bond motifs is 1. The third-order valence-corrected chi connectivity index (χ3v) is 3.78. The highest BCUT2D eigenvalue weighted by molar-refractivity contribution is 5.98. The summed E-state index contributed by atoms with van der Waals surface area (Å²) in [5.74, 6) is 1.67. The molecule has 1 N–H and O–H groups in total. The van der Waals surface area contributed by atoms with Gasteiger partial charge in [0, 0.05) is 12.1 Å². The standard InChI is InChI=1S/C15H16N2O3/c1-19-14-4-3-9(7-15(14)20-2)10-5-12-11(8-16-17-12)13(18)6-10/h3-4,7-8,10H,5-6H2,1-2H3,(H,16,17)/t10-/m0/s1. The van der Waals surface area contributed by atoms with Crippen molar-refractivity contribution in [2.75, 3.05) is 14.2 Å². The molecule has 0 aliphatic heterocycles. The van der Waals surface area contributed by atoms with Gasteiger partial charge in [-0.1, -0.05) is 6.07 Å². The minimum atomic E-state index is 0.139. The van der Waals surface area contributed by atoms with Gasteiger partial charge in [0.25, 0.3) is 0 Å². The summed E-state index contributed by atoms with van der Waals surface area (Å²) in [6, 6.07) is 5.81. The third kappa shape index (κ3) is 2.05. The maximum atomic E-state index is 12.1. The van der Waals surface area contributed by atoms with Crippen LogP contribution < -0.4 is 9.47 Å². The molecule has 104 valence electrons. The van der Waals surface area contributed by atoms with Crippen molar-refractivity contribution in [3.63, 3.8) is 0 Å². The Kier molecular flexibility index (Phi) is 3.18. The topological polar surface area (TPSA) is 64.2 Å². The number of carbonyl (C=O) groups is 1. The molecule has 1 atom stereocenters. The van der Waals surface area contributed by atoms with E-state index in [0.29, 0.717) is 17.9 Å². The smallest absolute Gasteiger partial charge is 0.166 e. The maximum absolute atomic E-state index is 12.1. The number of ketones is 1. The number of methoxy groups -OCH3 is 2. The van der Waals surface area contributed by atoms with Crippen LogP contribution in [0.15, 0.2) is 24.4 Å². The summed E-state index contributed by atoms with van der Waals surface area (Å²) >= 11 is 0. The largest absolute Gasteiger partial charge is 0.493 e. The molecule has 1 aromatic carbocycles. The average Bonchev–Trinajstić information content (AvgIpc) is 2.95. The number of aromatic nitrogens is 2. The SMILES string of the molecule is COc1ccc([C@@H]2CC(=O)c3cn[nH]c3C2)cc1OC. The number of rotatable bonds is 3. The number of nitrogens with zero attached hydrogens (tertiary/aromatic N) is 1. The second-order valence-corrected chi connectivity index (χ2v) is 4.90. The number of ether oxygens (including phenoxy) is 2. The van der Waals surface area contributed by atoms with Crippen molar-refractivity contribution in [1.82, 2.24) is 10.2 Å². The van der Waals surface area contributed by atoms with E-state index in [0.717, 1.165) is 23.2 Å². The predicted molar refractivity (Wildman–Crippen MR) is 73.5 cm³/mol. The first-order chi connectivity index (χ1) is 9.72. The Morgan fingerprint density at radius 2 is 2.00 bits per heavy atom. The predicted octanol–water partition coefficient (Wildman–Crippen LogP) is 2.34. The summed E-state index contributed by atoms with van der Waals surface area (Å²) in [6.45, 7) is 0. The van der Waals surface area contributed by atoms with Crippen molar-refractivity contribution in [1.29, 1.82) is 0 Å². The van der Waals surface area contributed by atoms with Gasteiger partial charge in [-0.2, -0.15) is 5.10 Å². The zero-order chi connectivity index (χ0) is 14.1. The van der Waals surface area contributed by atoms with Crippen LogP contribution in [0.4, 0.5) is 0 Å². The lowest BCUT2D eigenvalue weighted by Gasteiger charge is -2.22. The molecule has 3 rings (SSSR count). The fourth-order valence-corrected chi connectivity index (χ4v) is 2.70. The molecule has 0 spiro atoms. The summed E-state index contributed by atoms with van der Waals surface area (Å²) in [5, 5.41) is 6.87. The van der Waals surface area contributed by atoms with Crippen LogP contribution >= 0.6 is 0 Å². The summed E-state index contributed by atoms with van der Waals surface area (Å²) in [6.07, 6.45) is 2.90. The van der Waals surface area contributed by atoms with E-state index < -0.39 is 0 Å². The van der Waals surface area contributed by atoms with Gasteiger partial charge in [-0.05, 0) is 30.0 Å². The molecule has 0 bridgehead atoms. The van der Waals surface area contributed by atoms with Crippen LogP contribution in [0.3, 0.4) is 0 Å². The Bertz CT molecular complexity index is 648. The lowest BCUT2D eigenvalue weighted by molar-refractivity contribution is 0.0964. The summed E-state index contributed by atoms with van der Waals surface area (Å²) in [4.78, 5) is 12.1. The fourth-order valence-electron chi connectivity index (χ4n) is 2.70. The Labute approximate surface area is 116 Å². The molecule has 0 unspecified atom stereocenters. The van der Waals surface area contributed by atoms with E-state index in [-0.39, 0.29) is 11.7 Å². The first kappa shape index (κ1) is 12.7. The monoisotopic (exact) mass is 272 g/mol. The van der Waals surface area contributed by atoms with E-state index in [1.807, 2.05) is 18.2 Å². The Hall–Kier alpha value is -2.30. The van der Waals surface area contributed by atoms with E-state index >= 15 is 0 Å². The number of Topliss-reactive ketones (excluding diaryl/α,β-unsaturated/α-hetero) is 1. The number of nitrogens with one attached hydrogen (secondary N) is 1. The van der Waals surface area contributed by atoms with Crippen LogP contribution in [0.5, 0.6) is 11.5 Å². The van der Waals surface area contributed by atoms with Gasteiger partial charge in [0.1, 0.15) is 0 Å². The van der Waals surface area contributed by atoms with Gasteiger partial charge in [0.05, 0.1) is 26.0 Å². The van der Waals surface area contributed by atoms with Crippen LogP contribution in [0, 0.1) is 0 Å². The van der Waals surface area contributed by atoms with Crippen LogP contribution in [0.2, 0.25) is 0 Å². The molecule has 1 aliphatic carbocycles. The highest BCUT2D eigenvalue weighted by Gasteiger charge is 2.28. The van der Waals surface area contributed by atoms with E-state index in [2.05, 4.69) is 10.2 Å². The average molecular weight is 272 g/mol. The van der Waals surface area contributed by atoms with Crippen molar-refractivity contribution in [2.45, 2.75) is 18.8 Å². The van der Waals surface area contributed by atoms with E-state index in [1.165, 1.54) is 0 Å². The first-order valence-corrected chi connectivity index (χ1v) is 6.50. The number of aromatic amines is 1. The fraction of sp³-hybridized carbons (Fsp3) is 0.333.